The van der Waals surface area contributed by atoms with Gasteiger partial charge in [0.2, 0.25) is 5.91 Å². The SMILES string of the molecule is CCOCCC(=O)N1CCCC(O)(C(F)(F)F)C1. The topological polar surface area (TPSA) is 49.8 Å². The van der Waals surface area contributed by atoms with E-state index in [0.29, 0.717) is 6.61 Å². The fraction of sp³-hybridized carbons (Fsp3) is 0.909. The van der Waals surface area contributed by atoms with Gasteiger partial charge in [-0.25, -0.2) is 0 Å². The van der Waals surface area contributed by atoms with E-state index in [1.165, 1.54) is 0 Å². The molecule has 7 heteroatoms. The van der Waals surface area contributed by atoms with Crippen molar-refractivity contribution < 1.29 is 27.8 Å². The molecule has 0 bridgehead atoms. The molecule has 0 radical (unpaired) electrons. The second-order valence-electron chi connectivity index (χ2n) is 4.40. The molecule has 1 heterocycles. The monoisotopic (exact) mass is 269 g/mol. The van der Waals surface area contributed by atoms with Gasteiger partial charge in [0.1, 0.15) is 0 Å². The third-order valence-corrected chi connectivity index (χ3v) is 3.02. The molecule has 1 fully saturated rings. The maximum absolute atomic E-state index is 12.7. The predicted molar refractivity (Wildman–Crippen MR) is 57.9 cm³/mol. The number of β-amino-alcohol motifs (C(OH)–C–C–N with tert-alkyl or cyclic N) is 1. The summed E-state index contributed by atoms with van der Waals surface area (Å²) in [5.41, 5.74) is -2.77. The first-order valence-corrected chi connectivity index (χ1v) is 5.95. The summed E-state index contributed by atoms with van der Waals surface area (Å²) in [6.07, 6.45) is -4.87. The van der Waals surface area contributed by atoms with Crippen molar-refractivity contribution >= 4 is 5.91 Å². The Morgan fingerprint density at radius 1 is 1.50 bits per heavy atom. The minimum absolute atomic E-state index is 0.0434. The highest BCUT2D eigenvalue weighted by molar-refractivity contribution is 5.76. The van der Waals surface area contributed by atoms with E-state index < -0.39 is 24.2 Å². The van der Waals surface area contributed by atoms with Crippen LogP contribution in [0, 0.1) is 0 Å². The number of nitrogens with zero attached hydrogens (tertiary/aromatic N) is 1. The molecule has 1 aliphatic heterocycles. The largest absolute Gasteiger partial charge is 0.418 e. The lowest BCUT2D eigenvalue weighted by atomic mass is 9.92. The van der Waals surface area contributed by atoms with Gasteiger partial charge in [0.25, 0.3) is 0 Å². The smallest absolute Gasteiger partial charge is 0.381 e. The van der Waals surface area contributed by atoms with E-state index in [1.54, 1.807) is 6.92 Å². The fourth-order valence-corrected chi connectivity index (χ4v) is 1.94. The van der Waals surface area contributed by atoms with E-state index in [2.05, 4.69) is 0 Å². The number of carbonyl (C=O) groups is 1. The highest BCUT2D eigenvalue weighted by atomic mass is 19.4. The molecule has 1 aliphatic rings. The molecule has 1 amide bonds. The van der Waals surface area contributed by atoms with Gasteiger partial charge < -0.3 is 14.7 Å². The molecular formula is C11H18F3NO3. The minimum Gasteiger partial charge on any atom is -0.381 e. The number of ether oxygens (including phenoxy) is 1. The molecule has 1 N–H and O–H groups in total. The maximum atomic E-state index is 12.7. The summed E-state index contributed by atoms with van der Waals surface area (Å²) >= 11 is 0. The van der Waals surface area contributed by atoms with Gasteiger partial charge in [0, 0.05) is 13.2 Å². The van der Waals surface area contributed by atoms with Gasteiger partial charge >= 0.3 is 6.18 Å². The lowest BCUT2D eigenvalue weighted by molar-refractivity contribution is -0.272. The normalized spacial score (nSPS) is 25.3. The Bertz CT molecular complexity index is 296. The first-order chi connectivity index (χ1) is 8.30. The highest BCUT2D eigenvalue weighted by Gasteiger charge is 2.55. The second kappa shape index (κ2) is 5.88. The van der Waals surface area contributed by atoms with Crippen LogP contribution < -0.4 is 0 Å². The number of rotatable bonds is 4. The van der Waals surface area contributed by atoms with Crippen LogP contribution in [0.4, 0.5) is 13.2 Å². The van der Waals surface area contributed by atoms with Crippen LogP contribution >= 0.6 is 0 Å². The van der Waals surface area contributed by atoms with Crippen molar-refractivity contribution in [2.24, 2.45) is 0 Å². The van der Waals surface area contributed by atoms with Gasteiger partial charge in [-0.1, -0.05) is 0 Å². The van der Waals surface area contributed by atoms with E-state index in [9.17, 15) is 23.1 Å². The molecule has 106 valence electrons. The molecule has 4 nitrogen and oxygen atoms in total. The number of likely N-dealkylation sites (tertiary alicyclic amines) is 1. The van der Waals surface area contributed by atoms with Crippen molar-refractivity contribution in [3.05, 3.63) is 0 Å². The summed E-state index contributed by atoms with van der Waals surface area (Å²) in [5, 5.41) is 9.55. The lowest BCUT2D eigenvalue weighted by Gasteiger charge is -2.40. The molecule has 0 aliphatic carbocycles. The Labute approximate surface area is 104 Å². The van der Waals surface area contributed by atoms with Crippen LogP contribution in [0.1, 0.15) is 26.2 Å². The van der Waals surface area contributed by atoms with Gasteiger partial charge in [-0.2, -0.15) is 13.2 Å². The summed E-state index contributed by atoms with van der Waals surface area (Å²) in [7, 11) is 0. The fourth-order valence-electron chi connectivity index (χ4n) is 1.94. The van der Waals surface area contributed by atoms with Crippen LogP contribution in [0.2, 0.25) is 0 Å². The zero-order valence-electron chi connectivity index (χ0n) is 10.3. The molecule has 0 spiro atoms. The number of amides is 1. The molecule has 0 aromatic rings. The Hall–Kier alpha value is -0.820. The molecule has 1 unspecified atom stereocenters. The summed E-state index contributed by atoms with van der Waals surface area (Å²) in [5.74, 6) is -0.411. The van der Waals surface area contributed by atoms with Crippen molar-refractivity contribution in [3.63, 3.8) is 0 Å². The van der Waals surface area contributed by atoms with Crippen molar-refractivity contribution in [3.8, 4) is 0 Å². The van der Waals surface area contributed by atoms with Gasteiger partial charge in [0.15, 0.2) is 5.60 Å². The van der Waals surface area contributed by atoms with Crippen LogP contribution in [-0.2, 0) is 9.53 Å². The van der Waals surface area contributed by atoms with Gasteiger partial charge in [-0.15, -0.1) is 0 Å². The lowest BCUT2D eigenvalue weighted by Crippen LogP contribution is -2.58. The van der Waals surface area contributed by atoms with E-state index in [-0.39, 0.29) is 32.4 Å². The summed E-state index contributed by atoms with van der Waals surface area (Å²) in [6.45, 7) is 1.99. The number of piperidine rings is 1. The van der Waals surface area contributed by atoms with E-state index in [4.69, 9.17) is 4.74 Å². The second-order valence-corrected chi connectivity index (χ2v) is 4.40. The van der Waals surface area contributed by atoms with Crippen LogP contribution in [0.15, 0.2) is 0 Å². The quantitative estimate of drug-likeness (QED) is 0.783. The molecule has 1 saturated heterocycles. The zero-order valence-corrected chi connectivity index (χ0v) is 10.3. The minimum atomic E-state index is -4.70. The van der Waals surface area contributed by atoms with Gasteiger partial charge in [-0.05, 0) is 19.8 Å². The third kappa shape index (κ3) is 3.58. The predicted octanol–water partition coefficient (Wildman–Crippen LogP) is 1.33. The average molecular weight is 269 g/mol. The summed E-state index contributed by atoms with van der Waals surface area (Å²) < 4.78 is 43.0. The Morgan fingerprint density at radius 2 is 2.17 bits per heavy atom. The summed E-state index contributed by atoms with van der Waals surface area (Å²) in [4.78, 5) is 12.7. The number of hydrogen-bond acceptors (Lipinski definition) is 3. The highest BCUT2D eigenvalue weighted by Crippen LogP contribution is 2.37. The first kappa shape index (κ1) is 15.2. The molecule has 1 atom stereocenters. The van der Waals surface area contributed by atoms with Crippen LogP contribution in [0.3, 0.4) is 0 Å². The number of hydrogen-bond donors (Lipinski definition) is 1. The summed E-state index contributed by atoms with van der Waals surface area (Å²) in [6, 6.07) is 0. The first-order valence-electron chi connectivity index (χ1n) is 5.95. The Morgan fingerprint density at radius 3 is 2.72 bits per heavy atom. The van der Waals surface area contributed by atoms with Crippen LogP contribution in [0.25, 0.3) is 0 Å². The number of alkyl halides is 3. The van der Waals surface area contributed by atoms with Crippen LogP contribution in [0.5, 0.6) is 0 Å². The van der Waals surface area contributed by atoms with E-state index >= 15 is 0 Å². The van der Waals surface area contributed by atoms with Crippen molar-refractivity contribution in [2.45, 2.75) is 38.0 Å². The molecule has 0 saturated carbocycles. The Balaban J connectivity index is 2.56. The standard InChI is InChI=1S/C11H18F3NO3/c1-2-18-7-4-9(16)15-6-3-5-10(17,8-15)11(12,13)14/h17H,2-8H2,1H3. The third-order valence-electron chi connectivity index (χ3n) is 3.02. The van der Waals surface area contributed by atoms with Crippen molar-refractivity contribution in [1.82, 2.24) is 4.90 Å². The maximum Gasteiger partial charge on any atom is 0.418 e. The zero-order chi connectivity index (χ0) is 13.8. The van der Waals surface area contributed by atoms with E-state index in [1.807, 2.05) is 0 Å². The molecular weight excluding hydrogens is 251 g/mol. The molecule has 1 rings (SSSR count). The average Bonchev–Trinajstić information content (AvgIpc) is 2.28. The number of aliphatic hydroxyl groups is 1. The number of carbonyl (C=O) groups excluding carboxylic acids is 1. The molecule has 0 aromatic heterocycles. The molecule has 18 heavy (non-hydrogen) atoms. The van der Waals surface area contributed by atoms with Gasteiger partial charge in [-0.3, -0.25) is 4.79 Å². The molecule has 0 aromatic carbocycles. The van der Waals surface area contributed by atoms with Crippen molar-refractivity contribution in [1.29, 1.82) is 0 Å². The Kier molecular flexibility index (Phi) is 4.98. The van der Waals surface area contributed by atoms with Crippen molar-refractivity contribution in [2.75, 3.05) is 26.3 Å². The number of halogens is 3. The van der Waals surface area contributed by atoms with Crippen LogP contribution in [-0.4, -0.2) is 54.0 Å². The van der Waals surface area contributed by atoms with Gasteiger partial charge in [0.05, 0.1) is 19.6 Å². The van der Waals surface area contributed by atoms with E-state index in [0.717, 1.165) is 4.90 Å².